The van der Waals surface area contributed by atoms with Crippen LogP contribution < -0.4 is 4.74 Å². The molecule has 1 unspecified atom stereocenters. The van der Waals surface area contributed by atoms with Gasteiger partial charge in [0.2, 0.25) is 11.7 Å². The molecule has 0 aliphatic heterocycles. The molecule has 0 heterocycles. The molecule has 5 nitrogen and oxygen atoms in total. The van der Waals surface area contributed by atoms with Gasteiger partial charge >= 0.3 is 0 Å². The van der Waals surface area contributed by atoms with Crippen molar-refractivity contribution in [2.45, 2.75) is 65.2 Å². The van der Waals surface area contributed by atoms with Crippen molar-refractivity contribution in [1.82, 2.24) is 4.90 Å². The third-order valence-corrected chi connectivity index (χ3v) is 5.77. The lowest BCUT2D eigenvalue weighted by molar-refractivity contribution is -0.139. The predicted molar refractivity (Wildman–Crippen MR) is 117 cm³/mol. The standard InChI is InChI=1S/C25H31NO4/c1-15(2)18-11-19(14-26(6)17(5)27)24(21(12-18)16(3)4)30-25(29)13-23(28)20-9-7-8-10-22(20)25/h7-12,15-16,29H,13-14H2,1-6H3. The lowest BCUT2D eigenvalue weighted by Crippen LogP contribution is -2.32. The second-order valence-electron chi connectivity index (χ2n) is 8.81. The first-order valence-electron chi connectivity index (χ1n) is 10.5. The maximum absolute atomic E-state index is 12.5. The molecule has 0 spiro atoms. The van der Waals surface area contributed by atoms with Crippen LogP contribution >= 0.6 is 0 Å². The summed E-state index contributed by atoms with van der Waals surface area (Å²) in [4.78, 5) is 26.0. The first-order chi connectivity index (χ1) is 14.0. The Bertz CT molecular complexity index is 979. The quantitative estimate of drug-likeness (QED) is 0.701. The zero-order valence-electron chi connectivity index (χ0n) is 18.7. The number of Topliss-reactive ketones (excluding diaryl/α,β-unsaturated/α-hetero) is 1. The van der Waals surface area contributed by atoms with Gasteiger partial charge in [-0.3, -0.25) is 9.59 Å². The fraction of sp³-hybridized carbons (Fsp3) is 0.440. The molecule has 0 saturated heterocycles. The summed E-state index contributed by atoms with van der Waals surface area (Å²) in [6.45, 7) is 10.3. The number of carbonyl (C=O) groups excluding carboxylic acids is 2. The van der Waals surface area contributed by atoms with Crippen molar-refractivity contribution in [3.63, 3.8) is 0 Å². The van der Waals surface area contributed by atoms with Crippen molar-refractivity contribution in [2.24, 2.45) is 0 Å². The average Bonchev–Trinajstić information content (AvgIpc) is 2.93. The van der Waals surface area contributed by atoms with Gasteiger partial charge in [0, 0.05) is 37.2 Å². The number of carbonyl (C=O) groups is 2. The molecule has 2 aromatic rings. The van der Waals surface area contributed by atoms with Crippen molar-refractivity contribution in [3.8, 4) is 5.75 Å². The molecule has 2 aromatic carbocycles. The Kier molecular flexibility index (Phi) is 6.04. The first kappa shape index (κ1) is 22.0. The molecule has 5 heteroatoms. The minimum Gasteiger partial charge on any atom is -0.457 e. The number of hydrogen-bond donors (Lipinski definition) is 1. The zero-order valence-corrected chi connectivity index (χ0v) is 18.7. The van der Waals surface area contributed by atoms with Gasteiger partial charge in [0.15, 0.2) is 5.78 Å². The Morgan fingerprint density at radius 2 is 1.83 bits per heavy atom. The minimum atomic E-state index is -1.72. The third kappa shape index (κ3) is 4.12. The monoisotopic (exact) mass is 409 g/mol. The van der Waals surface area contributed by atoms with Crippen molar-refractivity contribution >= 4 is 11.7 Å². The van der Waals surface area contributed by atoms with E-state index < -0.39 is 5.79 Å². The molecule has 0 radical (unpaired) electrons. The van der Waals surface area contributed by atoms with Gasteiger partial charge in [-0.2, -0.15) is 0 Å². The molecule has 1 amide bonds. The number of ether oxygens (including phenoxy) is 1. The Morgan fingerprint density at radius 3 is 2.43 bits per heavy atom. The highest BCUT2D eigenvalue weighted by Crippen LogP contribution is 2.43. The van der Waals surface area contributed by atoms with Crippen LogP contribution in [0.5, 0.6) is 5.75 Å². The summed E-state index contributed by atoms with van der Waals surface area (Å²) in [5.74, 6) is -0.928. The Morgan fingerprint density at radius 1 is 1.17 bits per heavy atom. The van der Waals surface area contributed by atoms with Crippen LogP contribution in [0.2, 0.25) is 0 Å². The maximum Gasteiger partial charge on any atom is 0.243 e. The fourth-order valence-corrected chi connectivity index (χ4v) is 3.84. The highest BCUT2D eigenvalue weighted by Gasteiger charge is 2.45. The average molecular weight is 410 g/mol. The molecular formula is C25H31NO4. The first-order valence-corrected chi connectivity index (χ1v) is 10.5. The lowest BCUT2D eigenvalue weighted by Gasteiger charge is -2.30. The SMILES string of the molecule is CC(=O)N(C)Cc1cc(C(C)C)cc(C(C)C)c1OC1(O)CC(=O)c2ccccc21. The number of benzene rings is 2. The number of aliphatic hydroxyl groups is 1. The minimum absolute atomic E-state index is 0.0536. The van der Waals surface area contributed by atoms with Gasteiger partial charge in [0.1, 0.15) is 5.75 Å². The molecule has 0 bridgehead atoms. The van der Waals surface area contributed by atoms with Crippen LogP contribution in [0.25, 0.3) is 0 Å². The van der Waals surface area contributed by atoms with E-state index in [1.165, 1.54) is 6.92 Å². The second-order valence-corrected chi connectivity index (χ2v) is 8.81. The summed E-state index contributed by atoms with van der Waals surface area (Å²) in [6.07, 6.45) is -0.127. The van der Waals surface area contributed by atoms with E-state index in [2.05, 4.69) is 33.8 Å². The second kappa shape index (κ2) is 8.23. The van der Waals surface area contributed by atoms with Crippen molar-refractivity contribution < 1.29 is 19.4 Å². The van der Waals surface area contributed by atoms with Gasteiger partial charge in [-0.1, -0.05) is 64.1 Å². The summed E-state index contributed by atoms with van der Waals surface area (Å²) >= 11 is 0. The summed E-state index contributed by atoms with van der Waals surface area (Å²) in [5, 5.41) is 11.4. The largest absolute Gasteiger partial charge is 0.457 e. The van der Waals surface area contributed by atoms with Gasteiger partial charge in [-0.15, -0.1) is 0 Å². The highest BCUT2D eigenvalue weighted by atomic mass is 16.6. The van der Waals surface area contributed by atoms with Gasteiger partial charge in [-0.05, 0) is 23.0 Å². The molecule has 1 aliphatic rings. The highest BCUT2D eigenvalue weighted by molar-refractivity contribution is 6.01. The van der Waals surface area contributed by atoms with E-state index in [0.717, 1.165) is 16.7 Å². The lowest BCUT2D eigenvalue weighted by atomic mass is 9.91. The van der Waals surface area contributed by atoms with Crippen LogP contribution in [0, 0.1) is 0 Å². The smallest absolute Gasteiger partial charge is 0.243 e. The van der Waals surface area contributed by atoms with Crippen LogP contribution in [0.1, 0.15) is 85.5 Å². The van der Waals surface area contributed by atoms with Gasteiger partial charge in [-0.25, -0.2) is 0 Å². The number of nitrogens with zero attached hydrogens (tertiary/aromatic N) is 1. The van der Waals surface area contributed by atoms with Crippen LogP contribution in [-0.4, -0.2) is 28.7 Å². The molecule has 3 rings (SSSR count). The molecule has 30 heavy (non-hydrogen) atoms. The van der Waals surface area contributed by atoms with E-state index in [-0.39, 0.29) is 24.0 Å². The zero-order chi connectivity index (χ0) is 22.2. The Hall–Kier alpha value is -2.66. The third-order valence-electron chi connectivity index (χ3n) is 5.77. The summed E-state index contributed by atoms with van der Waals surface area (Å²) in [7, 11) is 1.74. The molecule has 1 N–H and O–H groups in total. The van der Waals surface area contributed by atoms with Crippen LogP contribution in [0.3, 0.4) is 0 Å². The fourth-order valence-electron chi connectivity index (χ4n) is 3.84. The number of hydrogen-bond acceptors (Lipinski definition) is 4. The molecule has 1 atom stereocenters. The van der Waals surface area contributed by atoms with Crippen LogP contribution in [0.15, 0.2) is 36.4 Å². The van der Waals surface area contributed by atoms with E-state index in [1.54, 1.807) is 36.2 Å². The number of rotatable bonds is 6. The predicted octanol–water partition coefficient (Wildman–Crippen LogP) is 4.72. The van der Waals surface area contributed by atoms with E-state index in [1.807, 2.05) is 6.07 Å². The molecule has 160 valence electrons. The number of fused-ring (bicyclic) bond motifs is 1. The number of amides is 1. The maximum atomic E-state index is 12.5. The summed E-state index contributed by atoms with van der Waals surface area (Å²) in [5.41, 5.74) is 3.91. The molecular weight excluding hydrogens is 378 g/mol. The topological polar surface area (TPSA) is 66.8 Å². The molecule has 1 aliphatic carbocycles. The van der Waals surface area contributed by atoms with Crippen LogP contribution in [0.4, 0.5) is 0 Å². The Labute approximate surface area is 178 Å². The number of ketones is 1. The molecule has 0 fully saturated rings. The Balaban J connectivity index is 2.15. The normalized spacial score (nSPS) is 18.1. The van der Waals surface area contributed by atoms with Gasteiger partial charge < -0.3 is 14.7 Å². The molecule has 0 aromatic heterocycles. The van der Waals surface area contributed by atoms with Gasteiger partial charge in [0.05, 0.1) is 6.42 Å². The van der Waals surface area contributed by atoms with E-state index in [0.29, 0.717) is 29.3 Å². The summed E-state index contributed by atoms with van der Waals surface area (Å²) in [6, 6.07) is 11.2. The van der Waals surface area contributed by atoms with E-state index in [9.17, 15) is 14.7 Å². The van der Waals surface area contributed by atoms with Crippen molar-refractivity contribution in [2.75, 3.05) is 7.05 Å². The van der Waals surface area contributed by atoms with E-state index in [4.69, 9.17) is 4.74 Å². The van der Waals surface area contributed by atoms with E-state index >= 15 is 0 Å². The van der Waals surface area contributed by atoms with Crippen molar-refractivity contribution in [1.29, 1.82) is 0 Å². The van der Waals surface area contributed by atoms with Crippen LogP contribution in [-0.2, 0) is 17.1 Å². The summed E-state index contributed by atoms with van der Waals surface area (Å²) < 4.78 is 6.30. The van der Waals surface area contributed by atoms with Crippen molar-refractivity contribution in [3.05, 3.63) is 64.2 Å². The molecule has 0 saturated carbocycles. The van der Waals surface area contributed by atoms with Gasteiger partial charge in [0.25, 0.3) is 0 Å².